The van der Waals surface area contributed by atoms with Gasteiger partial charge in [0, 0.05) is 42.3 Å². The summed E-state index contributed by atoms with van der Waals surface area (Å²) in [6.07, 6.45) is 2.97. The number of hydrogen-bond donors (Lipinski definition) is 3. The molecule has 152 valence electrons. The Morgan fingerprint density at radius 2 is 1.86 bits per heavy atom. The lowest BCUT2D eigenvalue weighted by Gasteiger charge is -2.19. The number of nitrogens with zero attached hydrogens (tertiary/aromatic N) is 1. The Morgan fingerprint density at radius 3 is 2.50 bits per heavy atom. The molecule has 1 aromatic heterocycles. The molecule has 3 heterocycles. The third kappa shape index (κ3) is 4.28. The zero-order valence-corrected chi connectivity index (χ0v) is 15.1. The van der Waals surface area contributed by atoms with Gasteiger partial charge in [-0.25, -0.2) is 14.0 Å². The van der Waals surface area contributed by atoms with Gasteiger partial charge in [0.2, 0.25) is 0 Å². The molecule has 0 radical (unpaired) electrons. The summed E-state index contributed by atoms with van der Waals surface area (Å²) in [5, 5.41) is 20.1. The van der Waals surface area contributed by atoms with E-state index < -0.39 is 11.9 Å². The van der Waals surface area contributed by atoms with Crippen LogP contribution in [-0.2, 0) is 29.0 Å². The molecule has 0 bridgehead atoms. The normalized spacial score (nSPS) is 14.9. The summed E-state index contributed by atoms with van der Waals surface area (Å²) in [6.45, 7) is 3.28. The number of carboxylic acids is 2. The number of benzene rings is 1. The number of aliphatic carboxylic acids is 2. The number of carboxylic acid groups (broad SMARTS) is 2. The van der Waals surface area contributed by atoms with Crippen molar-refractivity contribution in [2.24, 2.45) is 0 Å². The fourth-order valence-corrected chi connectivity index (χ4v) is 3.68. The molecule has 9 heteroatoms. The van der Waals surface area contributed by atoms with Crippen molar-refractivity contribution in [3.05, 3.63) is 40.3 Å². The van der Waals surface area contributed by atoms with Crippen molar-refractivity contribution >= 4 is 34.4 Å². The molecule has 0 saturated heterocycles. The Morgan fingerprint density at radius 1 is 1.21 bits per heavy atom. The summed E-state index contributed by atoms with van der Waals surface area (Å²) in [6, 6.07) is 1.41. The fourth-order valence-electron chi connectivity index (χ4n) is 3.43. The molecule has 0 fully saturated rings. The van der Waals surface area contributed by atoms with Crippen molar-refractivity contribution in [2.45, 2.75) is 26.8 Å². The molecular weight excluding hydrogens is 391 g/mol. The first-order chi connectivity index (χ1) is 12.9. The second-order valence-corrected chi connectivity index (χ2v) is 6.46. The van der Waals surface area contributed by atoms with Crippen LogP contribution in [0.2, 0.25) is 5.02 Å². The van der Waals surface area contributed by atoms with Gasteiger partial charge in [0.1, 0.15) is 18.2 Å². The summed E-state index contributed by atoms with van der Waals surface area (Å²) >= 11 is 6.22. The van der Waals surface area contributed by atoms with Gasteiger partial charge in [0.15, 0.2) is 0 Å². The second kappa shape index (κ2) is 9.07. The van der Waals surface area contributed by atoms with E-state index in [4.69, 9.17) is 26.6 Å². The minimum atomic E-state index is -1.26. The van der Waals surface area contributed by atoms with Crippen LogP contribution in [0.15, 0.2) is 18.2 Å². The van der Waals surface area contributed by atoms with Gasteiger partial charge < -0.3 is 24.8 Å². The maximum Gasteiger partial charge on any atom is 0.328 e. The lowest BCUT2D eigenvalue weighted by molar-refractivity contribution is -0.134. The summed E-state index contributed by atoms with van der Waals surface area (Å²) in [5.41, 5.74) is 3.46. The number of nitrogens with one attached hydrogen (secondary N) is 1. The fraction of sp³-hybridized carbons (Fsp3) is 0.368. The number of hydrogen-bond acceptors (Lipinski definition) is 4. The van der Waals surface area contributed by atoms with Crippen LogP contribution in [0.1, 0.15) is 18.7 Å². The van der Waals surface area contributed by atoms with Gasteiger partial charge in [-0.2, -0.15) is 0 Å². The maximum absolute atomic E-state index is 14.0. The maximum atomic E-state index is 14.0. The summed E-state index contributed by atoms with van der Waals surface area (Å²) in [5.74, 6) is -2.27. The van der Waals surface area contributed by atoms with Crippen molar-refractivity contribution in [1.82, 2.24) is 9.88 Å². The number of fused-ring (bicyclic) bond motifs is 3. The first-order valence-corrected chi connectivity index (χ1v) is 8.77. The molecule has 3 N–H and O–H groups in total. The molecule has 28 heavy (non-hydrogen) atoms. The van der Waals surface area contributed by atoms with Crippen LogP contribution in [0.3, 0.4) is 0 Å². The largest absolute Gasteiger partial charge is 0.489 e. The van der Waals surface area contributed by atoms with E-state index in [0.29, 0.717) is 24.5 Å². The highest BCUT2D eigenvalue weighted by Crippen LogP contribution is 2.41. The van der Waals surface area contributed by atoms with Crippen LogP contribution in [-0.4, -0.2) is 46.4 Å². The molecule has 1 aromatic carbocycles. The van der Waals surface area contributed by atoms with Gasteiger partial charge in [0.05, 0.1) is 17.1 Å². The highest BCUT2D eigenvalue weighted by atomic mass is 35.5. The number of rotatable bonds is 2. The Balaban J connectivity index is 0.000000270. The minimum Gasteiger partial charge on any atom is -0.489 e. The van der Waals surface area contributed by atoms with Gasteiger partial charge in [-0.3, -0.25) is 0 Å². The predicted octanol–water partition coefficient (Wildman–Crippen LogP) is 2.86. The monoisotopic (exact) mass is 412 g/mol. The Kier molecular flexibility index (Phi) is 7.04. The van der Waals surface area contributed by atoms with Crippen LogP contribution in [0.4, 0.5) is 4.39 Å². The van der Waals surface area contributed by atoms with E-state index >= 15 is 0 Å². The molecule has 0 amide bonds. The van der Waals surface area contributed by atoms with Gasteiger partial charge in [0.25, 0.3) is 0 Å². The smallest absolute Gasteiger partial charge is 0.328 e. The number of ether oxygens (including phenoxy) is 1. The van der Waals surface area contributed by atoms with E-state index in [2.05, 4.69) is 9.88 Å². The molecule has 4 rings (SSSR count). The molecule has 0 saturated carbocycles. The van der Waals surface area contributed by atoms with Gasteiger partial charge in [-0.15, -0.1) is 0 Å². The number of aromatic nitrogens is 1. The highest BCUT2D eigenvalue weighted by molar-refractivity contribution is 6.36. The molecule has 2 aliphatic rings. The van der Waals surface area contributed by atoms with Crippen LogP contribution in [0.25, 0.3) is 10.9 Å². The minimum absolute atomic E-state index is 0. The Labute approximate surface area is 166 Å². The quantitative estimate of drug-likeness (QED) is 0.656. The van der Waals surface area contributed by atoms with Crippen molar-refractivity contribution < 1.29 is 28.9 Å². The predicted molar refractivity (Wildman–Crippen MR) is 104 cm³/mol. The Hall–Kier alpha value is -2.58. The van der Waals surface area contributed by atoms with E-state index in [1.54, 1.807) is 0 Å². The van der Waals surface area contributed by atoms with Gasteiger partial charge >= 0.3 is 11.9 Å². The Bertz CT molecular complexity index is 923. The number of halogens is 2. The van der Waals surface area contributed by atoms with E-state index in [1.807, 2.05) is 0 Å². The molecule has 7 nitrogen and oxygen atoms in total. The molecule has 2 aromatic rings. The van der Waals surface area contributed by atoms with Crippen LogP contribution in [0, 0.1) is 5.82 Å². The van der Waals surface area contributed by atoms with E-state index in [1.165, 1.54) is 17.3 Å². The summed E-state index contributed by atoms with van der Waals surface area (Å²) in [4.78, 5) is 19.1. The lowest BCUT2D eigenvalue weighted by atomic mass is 10.1. The molecule has 0 spiro atoms. The van der Waals surface area contributed by atoms with Crippen LogP contribution < -0.4 is 10.1 Å². The molecular formula is C19H22ClFN2O5. The van der Waals surface area contributed by atoms with E-state index in [9.17, 15) is 14.0 Å². The zero-order chi connectivity index (χ0) is 19.6. The zero-order valence-electron chi connectivity index (χ0n) is 14.3. The molecule has 0 unspecified atom stereocenters. The molecule has 0 aliphatic carbocycles. The SMILES string of the molecule is C.Fc1cc2c3c(c1Cl)c1c(n3CCO2)CCNCC1.O=C(O)/C=C\C(=O)O. The van der Waals surface area contributed by atoms with E-state index in [0.717, 1.165) is 43.4 Å². The first-order valence-electron chi connectivity index (χ1n) is 8.39. The van der Waals surface area contributed by atoms with Crippen LogP contribution >= 0.6 is 11.6 Å². The second-order valence-electron chi connectivity index (χ2n) is 6.08. The highest BCUT2D eigenvalue weighted by Gasteiger charge is 2.27. The van der Waals surface area contributed by atoms with Gasteiger partial charge in [-0.1, -0.05) is 19.0 Å². The number of carbonyl (C=O) groups is 2. The van der Waals surface area contributed by atoms with Crippen molar-refractivity contribution in [3.63, 3.8) is 0 Å². The standard InChI is InChI=1S/C14H14ClFN2O.C4H4O4.CH4/c15-13-9(16)7-11-14-12(13)8-1-3-17-4-2-10(8)18(14)5-6-19-11;5-3(6)1-2-4(7)8;/h7,17H,1-6H2;1-2H,(H,5,6)(H,7,8);1H4/b;2-1-;. The van der Waals surface area contributed by atoms with E-state index in [-0.39, 0.29) is 18.3 Å². The molecule has 0 atom stereocenters. The van der Waals surface area contributed by atoms with Crippen molar-refractivity contribution in [3.8, 4) is 5.75 Å². The average Bonchev–Trinajstić information content (AvgIpc) is 2.78. The average molecular weight is 413 g/mol. The van der Waals surface area contributed by atoms with Crippen LogP contribution in [0.5, 0.6) is 5.75 Å². The molecule has 2 aliphatic heterocycles. The van der Waals surface area contributed by atoms with Crippen molar-refractivity contribution in [2.75, 3.05) is 19.7 Å². The van der Waals surface area contributed by atoms with Crippen molar-refractivity contribution in [1.29, 1.82) is 0 Å². The third-order valence-electron chi connectivity index (χ3n) is 4.43. The lowest BCUT2D eigenvalue weighted by Crippen LogP contribution is -2.19. The van der Waals surface area contributed by atoms with Gasteiger partial charge in [-0.05, 0) is 18.5 Å². The first kappa shape index (κ1) is 21.7. The third-order valence-corrected chi connectivity index (χ3v) is 4.80. The topological polar surface area (TPSA) is 101 Å². The summed E-state index contributed by atoms with van der Waals surface area (Å²) in [7, 11) is 0. The summed E-state index contributed by atoms with van der Waals surface area (Å²) < 4.78 is 21.8.